The molecular weight excluding hydrogens is 356 g/mol. The van der Waals surface area contributed by atoms with Gasteiger partial charge in [-0.25, -0.2) is 0 Å². The number of carbonyl (C=O) groups is 1. The Morgan fingerprint density at radius 1 is 1.42 bits per heavy atom. The highest BCUT2D eigenvalue weighted by molar-refractivity contribution is 6.32. The molecule has 2 heterocycles. The van der Waals surface area contributed by atoms with E-state index in [2.05, 4.69) is 10.4 Å². The Balaban J connectivity index is 1.69. The summed E-state index contributed by atoms with van der Waals surface area (Å²) in [5.74, 6) is 0.971. The highest BCUT2D eigenvalue weighted by Crippen LogP contribution is 2.28. The van der Waals surface area contributed by atoms with E-state index in [1.165, 1.54) is 16.9 Å². The first-order valence-electron chi connectivity index (χ1n) is 7.69. The molecule has 3 rings (SSSR count). The van der Waals surface area contributed by atoms with Gasteiger partial charge in [-0.1, -0.05) is 23.7 Å². The molecule has 1 N–H and O–H groups in total. The predicted molar refractivity (Wildman–Crippen MR) is 95.1 cm³/mol. The molecule has 1 aromatic carbocycles. The number of aromatic nitrogens is 2. The molecule has 0 atom stereocenters. The number of rotatable bonds is 5. The Morgan fingerprint density at radius 2 is 2.23 bits per heavy atom. The molecule has 0 saturated heterocycles. The van der Waals surface area contributed by atoms with E-state index in [-0.39, 0.29) is 17.9 Å². The van der Waals surface area contributed by atoms with Crippen LogP contribution in [0.3, 0.4) is 0 Å². The Bertz CT molecular complexity index is 980. The van der Waals surface area contributed by atoms with E-state index in [9.17, 15) is 4.79 Å². The third kappa shape index (κ3) is 3.55. The van der Waals surface area contributed by atoms with Crippen molar-refractivity contribution in [2.45, 2.75) is 13.5 Å². The molecule has 3 aromatic rings. The van der Waals surface area contributed by atoms with E-state index in [1.807, 2.05) is 25.1 Å². The van der Waals surface area contributed by atoms with E-state index in [4.69, 9.17) is 26.0 Å². The van der Waals surface area contributed by atoms with Gasteiger partial charge < -0.3 is 14.5 Å². The Kier molecular flexibility index (Phi) is 4.96. The molecule has 0 saturated carbocycles. The van der Waals surface area contributed by atoms with E-state index in [1.54, 1.807) is 19.2 Å². The average molecular weight is 371 g/mol. The minimum Gasteiger partial charge on any atom is -0.484 e. The van der Waals surface area contributed by atoms with Crippen molar-refractivity contribution in [2.75, 3.05) is 5.32 Å². The summed E-state index contributed by atoms with van der Waals surface area (Å²) in [6, 6.07) is 10.6. The molecule has 0 spiro atoms. The molecule has 0 unspecified atom stereocenters. The number of ether oxygens (including phenoxy) is 1. The van der Waals surface area contributed by atoms with Crippen molar-refractivity contribution >= 4 is 23.3 Å². The quantitative estimate of drug-likeness (QED) is 0.739. The Labute approximate surface area is 154 Å². The number of halogens is 1. The number of para-hydroxylation sites is 1. The molecule has 1 amide bonds. The minimum absolute atomic E-state index is 0.101. The zero-order valence-corrected chi connectivity index (χ0v) is 14.9. The maximum absolute atomic E-state index is 12.3. The zero-order chi connectivity index (χ0) is 18.7. The summed E-state index contributed by atoms with van der Waals surface area (Å²) in [7, 11) is 1.63. The summed E-state index contributed by atoms with van der Waals surface area (Å²) in [6.07, 6.45) is 1.38. The number of furan rings is 1. The van der Waals surface area contributed by atoms with Crippen molar-refractivity contribution in [1.82, 2.24) is 9.78 Å². The van der Waals surface area contributed by atoms with Crippen LogP contribution in [-0.2, 0) is 13.7 Å². The highest BCUT2D eigenvalue weighted by Gasteiger charge is 2.16. The van der Waals surface area contributed by atoms with Crippen molar-refractivity contribution < 1.29 is 13.9 Å². The van der Waals surface area contributed by atoms with Gasteiger partial charge >= 0.3 is 0 Å². The van der Waals surface area contributed by atoms with Crippen LogP contribution in [0, 0.1) is 18.3 Å². The number of amides is 1. The molecule has 7 nitrogen and oxygen atoms in total. The third-order valence-corrected chi connectivity index (χ3v) is 4.00. The maximum Gasteiger partial charge on any atom is 0.292 e. The van der Waals surface area contributed by atoms with E-state index >= 15 is 0 Å². The fraction of sp³-hybridized carbons (Fsp3) is 0.167. The van der Waals surface area contributed by atoms with Crippen LogP contribution in [0.5, 0.6) is 5.75 Å². The van der Waals surface area contributed by atoms with Crippen LogP contribution in [0.15, 0.2) is 40.9 Å². The van der Waals surface area contributed by atoms with Crippen molar-refractivity contribution in [3.63, 3.8) is 0 Å². The van der Waals surface area contributed by atoms with Crippen LogP contribution in [0.25, 0.3) is 0 Å². The maximum atomic E-state index is 12.3. The lowest BCUT2D eigenvalue weighted by Crippen LogP contribution is -2.14. The van der Waals surface area contributed by atoms with E-state index < -0.39 is 5.91 Å². The number of hydrogen-bond acceptors (Lipinski definition) is 5. The van der Waals surface area contributed by atoms with E-state index in [0.717, 1.165) is 5.56 Å². The number of carbonyl (C=O) groups excluding carboxylic acids is 1. The summed E-state index contributed by atoms with van der Waals surface area (Å²) in [6.45, 7) is 2.02. The Morgan fingerprint density at radius 3 is 2.96 bits per heavy atom. The molecule has 0 radical (unpaired) electrons. The number of benzene rings is 1. The number of aryl methyl sites for hydroxylation is 2. The molecule has 0 aliphatic carbocycles. The van der Waals surface area contributed by atoms with Crippen LogP contribution < -0.4 is 10.1 Å². The second-order valence-electron chi connectivity index (χ2n) is 5.54. The SMILES string of the molecule is Cc1cccc(Cl)c1OCc1ccc(C(=O)Nc2c(C#N)cnn2C)o1. The second-order valence-corrected chi connectivity index (χ2v) is 5.94. The summed E-state index contributed by atoms with van der Waals surface area (Å²) < 4.78 is 12.6. The first kappa shape index (κ1) is 17.6. The predicted octanol–water partition coefficient (Wildman–Crippen LogP) is 3.68. The van der Waals surface area contributed by atoms with Crippen LogP contribution >= 0.6 is 11.6 Å². The van der Waals surface area contributed by atoms with Gasteiger partial charge in [-0.3, -0.25) is 9.48 Å². The largest absolute Gasteiger partial charge is 0.484 e. The lowest BCUT2D eigenvalue weighted by Gasteiger charge is -2.09. The van der Waals surface area contributed by atoms with Gasteiger partial charge in [0, 0.05) is 7.05 Å². The fourth-order valence-electron chi connectivity index (χ4n) is 2.36. The van der Waals surface area contributed by atoms with Gasteiger partial charge in [-0.05, 0) is 30.7 Å². The molecule has 0 aliphatic heterocycles. The molecule has 132 valence electrons. The van der Waals surface area contributed by atoms with Gasteiger partial charge in [0.2, 0.25) is 0 Å². The van der Waals surface area contributed by atoms with Crippen LogP contribution in [0.2, 0.25) is 5.02 Å². The van der Waals surface area contributed by atoms with Gasteiger partial charge in [-0.15, -0.1) is 0 Å². The molecule has 8 heteroatoms. The number of anilines is 1. The summed E-state index contributed by atoms with van der Waals surface area (Å²) in [5, 5.41) is 16.1. The summed E-state index contributed by atoms with van der Waals surface area (Å²) in [4.78, 5) is 12.3. The Hall–Kier alpha value is -3.24. The molecule has 26 heavy (non-hydrogen) atoms. The van der Waals surface area contributed by atoms with Gasteiger partial charge in [0.05, 0.1) is 11.2 Å². The number of nitrogens with one attached hydrogen (secondary N) is 1. The van der Waals surface area contributed by atoms with Crippen molar-refractivity contribution in [2.24, 2.45) is 7.05 Å². The fourth-order valence-corrected chi connectivity index (χ4v) is 2.63. The van der Waals surface area contributed by atoms with E-state index in [0.29, 0.717) is 22.4 Å². The molecular formula is C18H15ClN4O3. The monoisotopic (exact) mass is 370 g/mol. The second kappa shape index (κ2) is 7.33. The molecule has 2 aromatic heterocycles. The van der Waals surface area contributed by atoms with Crippen LogP contribution in [-0.4, -0.2) is 15.7 Å². The van der Waals surface area contributed by atoms with Crippen molar-refractivity contribution in [1.29, 1.82) is 5.26 Å². The van der Waals surface area contributed by atoms with Crippen LogP contribution in [0.1, 0.15) is 27.4 Å². The summed E-state index contributed by atoms with van der Waals surface area (Å²) in [5.41, 5.74) is 1.17. The van der Waals surface area contributed by atoms with Gasteiger partial charge in [0.25, 0.3) is 5.91 Å². The van der Waals surface area contributed by atoms with Crippen LogP contribution in [0.4, 0.5) is 5.82 Å². The number of nitriles is 1. The number of hydrogen-bond donors (Lipinski definition) is 1. The average Bonchev–Trinajstić information content (AvgIpc) is 3.22. The topological polar surface area (TPSA) is 93.1 Å². The van der Waals surface area contributed by atoms with Crippen molar-refractivity contribution in [3.05, 3.63) is 64.2 Å². The first-order valence-corrected chi connectivity index (χ1v) is 8.07. The van der Waals surface area contributed by atoms with Gasteiger partial charge in [-0.2, -0.15) is 10.4 Å². The minimum atomic E-state index is -0.481. The smallest absolute Gasteiger partial charge is 0.292 e. The standard InChI is InChI=1S/C18H15ClN4O3/c1-11-4-3-5-14(19)16(11)25-10-13-6-7-15(26-13)18(24)22-17-12(8-20)9-21-23(17)2/h3-7,9H,10H2,1-2H3,(H,22,24). The zero-order valence-electron chi connectivity index (χ0n) is 14.1. The van der Waals surface area contributed by atoms with Gasteiger partial charge in [0.1, 0.15) is 35.6 Å². The molecule has 0 bridgehead atoms. The van der Waals surface area contributed by atoms with Gasteiger partial charge in [0.15, 0.2) is 5.76 Å². The lowest BCUT2D eigenvalue weighted by atomic mass is 10.2. The molecule has 0 fully saturated rings. The number of nitrogens with zero attached hydrogens (tertiary/aromatic N) is 3. The first-order chi connectivity index (χ1) is 12.5. The highest BCUT2D eigenvalue weighted by atomic mass is 35.5. The molecule has 0 aliphatic rings. The lowest BCUT2D eigenvalue weighted by molar-refractivity contribution is 0.0991. The normalized spacial score (nSPS) is 10.4. The summed E-state index contributed by atoms with van der Waals surface area (Å²) >= 11 is 6.12. The third-order valence-electron chi connectivity index (χ3n) is 3.70. The van der Waals surface area contributed by atoms with Crippen molar-refractivity contribution in [3.8, 4) is 11.8 Å².